The number of benzene rings is 1. The third-order valence-corrected chi connectivity index (χ3v) is 4.94. The first-order valence-corrected chi connectivity index (χ1v) is 8.67. The minimum absolute atomic E-state index is 0.0136. The van der Waals surface area contributed by atoms with Gasteiger partial charge in [0.15, 0.2) is 5.65 Å². The SMILES string of the molecule is O=[N+]([O-])c1cc(S(=O)(=O)C(F)F)ccc1NCc1ccnc2ccnn12. The van der Waals surface area contributed by atoms with Crippen molar-refractivity contribution in [3.05, 3.63) is 58.5 Å². The monoisotopic (exact) mass is 383 g/mol. The quantitative estimate of drug-likeness (QED) is 0.512. The molecule has 0 aliphatic rings. The Bertz CT molecular complexity index is 1080. The van der Waals surface area contributed by atoms with Crippen molar-refractivity contribution in [1.29, 1.82) is 0 Å². The van der Waals surface area contributed by atoms with Crippen LogP contribution in [0.3, 0.4) is 0 Å². The zero-order chi connectivity index (χ0) is 18.9. The Morgan fingerprint density at radius 3 is 2.69 bits per heavy atom. The van der Waals surface area contributed by atoms with Crippen LogP contribution in [0.1, 0.15) is 5.69 Å². The Hall–Kier alpha value is -3.15. The van der Waals surface area contributed by atoms with E-state index in [1.807, 2.05) is 0 Å². The van der Waals surface area contributed by atoms with Crippen LogP contribution in [0.5, 0.6) is 0 Å². The molecule has 1 N–H and O–H groups in total. The third-order valence-electron chi connectivity index (χ3n) is 3.56. The number of nitro benzene ring substituents is 1. The molecule has 0 unspecified atom stereocenters. The predicted octanol–water partition coefficient (Wildman–Crippen LogP) is 2.25. The Morgan fingerprint density at radius 2 is 2.00 bits per heavy atom. The van der Waals surface area contributed by atoms with Crippen molar-refractivity contribution in [3.8, 4) is 0 Å². The lowest BCUT2D eigenvalue weighted by molar-refractivity contribution is -0.384. The Balaban J connectivity index is 1.93. The summed E-state index contributed by atoms with van der Waals surface area (Å²) < 4.78 is 49.8. The highest BCUT2D eigenvalue weighted by atomic mass is 32.2. The number of rotatable bonds is 6. The first kappa shape index (κ1) is 17.7. The predicted molar refractivity (Wildman–Crippen MR) is 86.6 cm³/mol. The van der Waals surface area contributed by atoms with Crippen molar-refractivity contribution < 1.29 is 22.1 Å². The van der Waals surface area contributed by atoms with Gasteiger partial charge in [-0.25, -0.2) is 17.9 Å². The summed E-state index contributed by atoms with van der Waals surface area (Å²) in [4.78, 5) is 13.6. The normalized spacial score (nSPS) is 11.8. The number of hydrogen-bond acceptors (Lipinski definition) is 7. The molecule has 136 valence electrons. The summed E-state index contributed by atoms with van der Waals surface area (Å²) in [5, 5.41) is 18.1. The van der Waals surface area contributed by atoms with E-state index in [1.165, 1.54) is 10.7 Å². The Kier molecular flexibility index (Phi) is 4.50. The molecule has 0 radical (unpaired) electrons. The van der Waals surface area contributed by atoms with Gasteiger partial charge in [-0.1, -0.05) is 0 Å². The summed E-state index contributed by atoms with van der Waals surface area (Å²) in [5.41, 5.74) is 0.577. The zero-order valence-electron chi connectivity index (χ0n) is 12.9. The topological polar surface area (TPSA) is 120 Å². The third kappa shape index (κ3) is 3.18. The fraction of sp³-hybridized carbons (Fsp3) is 0.143. The van der Waals surface area contributed by atoms with Crippen LogP contribution >= 0.6 is 0 Å². The van der Waals surface area contributed by atoms with E-state index in [-0.39, 0.29) is 12.2 Å². The van der Waals surface area contributed by atoms with Crippen LogP contribution in [-0.4, -0.2) is 33.7 Å². The van der Waals surface area contributed by atoms with E-state index >= 15 is 0 Å². The van der Waals surface area contributed by atoms with E-state index in [1.54, 1.807) is 18.3 Å². The van der Waals surface area contributed by atoms with Crippen LogP contribution in [0.25, 0.3) is 5.65 Å². The molecule has 0 aliphatic carbocycles. The fourth-order valence-electron chi connectivity index (χ4n) is 2.30. The van der Waals surface area contributed by atoms with Gasteiger partial charge in [0.2, 0.25) is 9.84 Å². The number of nitro groups is 1. The maximum absolute atomic E-state index is 12.6. The van der Waals surface area contributed by atoms with Crippen molar-refractivity contribution in [2.75, 3.05) is 5.32 Å². The molecule has 26 heavy (non-hydrogen) atoms. The summed E-state index contributed by atoms with van der Waals surface area (Å²) in [5.74, 6) is -3.66. The molecule has 12 heteroatoms. The molecular weight excluding hydrogens is 372 g/mol. The molecule has 1 aromatic carbocycles. The zero-order valence-corrected chi connectivity index (χ0v) is 13.7. The highest BCUT2D eigenvalue weighted by Crippen LogP contribution is 2.30. The van der Waals surface area contributed by atoms with E-state index in [0.29, 0.717) is 17.4 Å². The highest BCUT2D eigenvalue weighted by molar-refractivity contribution is 7.91. The van der Waals surface area contributed by atoms with Gasteiger partial charge in [-0.15, -0.1) is 0 Å². The van der Waals surface area contributed by atoms with Gasteiger partial charge in [0.1, 0.15) is 5.69 Å². The molecule has 2 heterocycles. The number of hydrogen-bond donors (Lipinski definition) is 1. The average Bonchev–Trinajstić information content (AvgIpc) is 3.08. The van der Waals surface area contributed by atoms with Crippen LogP contribution in [0, 0.1) is 10.1 Å². The molecule has 0 saturated heterocycles. The van der Waals surface area contributed by atoms with Crippen molar-refractivity contribution >= 4 is 26.9 Å². The lowest BCUT2D eigenvalue weighted by atomic mass is 10.2. The molecule has 0 atom stereocenters. The lowest BCUT2D eigenvalue weighted by Crippen LogP contribution is -2.12. The molecule has 3 rings (SSSR count). The van der Waals surface area contributed by atoms with Crippen molar-refractivity contribution in [3.63, 3.8) is 0 Å². The van der Waals surface area contributed by atoms with Gasteiger partial charge < -0.3 is 5.32 Å². The van der Waals surface area contributed by atoms with Gasteiger partial charge in [-0.3, -0.25) is 10.1 Å². The maximum Gasteiger partial charge on any atom is 0.341 e. The Morgan fingerprint density at radius 1 is 1.23 bits per heavy atom. The molecule has 0 spiro atoms. The molecule has 0 aliphatic heterocycles. The number of anilines is 1. The largest absolute Gasteiger partial charge is 0.374 e. The van der Waals surface area contributed by atoms with E-state index < -0.39 is 31.1 Å². The molecule has 9 nitrogen and oxygen atoms in total. The molecular formula is C14H11F2N5O4S. The summed E-state index contributed by atoms with van der Waals surface area (Å²) in [6, 6.07) is 5.91. The number of aromatic nitrogens is 3. The second-order valence-electron chi connectivity index (χ2n) is 5.13. The fourth-order valence-corrected chi connectivity index (χ4v) is 3.04. The van der Waals surface area contributed by atoms with Crippen LogP contribution in [-0.2, 0) is 16.4 Å². The molecule has 0 saturated carbocycles. The smallest absolute Gasteiger partial charge is 0.341 e. The highest BCUT2D eigenvalue weighted by Gasteiger charge is 2.29. The number of alkyl halides is 2. The second kappa shape index (κ2) is 6.63. The van der Waals surface area contributed by atoms with Gasteiger partial charge in [0.05, 0.1) is 28.3 Å². The number of fused-ring (bicyclic) bond motifs is 1. The van der Waals surface area contributed by atoms with Crippen molar-refractivity contribution in [2.45, 2.75) is 17.2 Å². The van der Waals surface area contributed by atoms with Gasteiger partial charge in [0, 0.05) is 18.3 Å². The van der Waals surface area contributed by atoms with Gasteiger partial charge in [-0.2, -0.15) is 13.9 Å². The van der Waals surface area contributed by atoms with Crippen molar-refractivity contribution in [2.24, 2.45) is 0 Å². The average molecular weight is 383 g/mol. The van der Waals surface area contributed by atoms with E-state index in [0.717, 1.165) is 12.1 Å². The minimum atomic E-state index is -4.93. The van der Waals surface area contributed by atoms with Crippen LogP contribution in [0.15, 0.2) is 47.6 Å². The minimum Gasteiger partial charge on any atom is -0.374 e. The second-order valence-corrected chi connectivity index (χ2v) is 7.05. The van der Waals surface area contributed by atoms with E-state index in [2.05, 4.69) is 15.4 Å². The van der Waals surface area contributed by atoms with E-state index in [9.17, 15) is 27.3 Å². The van der Waals surface area contributed by atoms with E-state index in [4.69, 9.17) is 0 Å². The number of sulfone groups is 1. The van der Waals surface area contributed by atoms with Gasteiger partial charge in [0.25, 0.3) is 5.69 Å². The molecule has 3 aromatic rings. The number of nitrogens with zero attached hydrogens (tertiary/aromatic N) is 4. The van der Waals surface area contributed by atoms with Gasteiger partial charge >= 0.3 is 5.76 Å². The number of halogens is 2. The molecule has 0 amide bonds. The van der Waals surface area contributed by atoms with Crippen LogP contribution < -0.4 is 5.32 Å². The van der Waals surface area contributed by atoms with Crippen molar-refractivity contribution in [1.82, 2.24) is 14.6 Å². The first-order chi connectivity index (χ1) is 12.3. The van der Waals surface area contributed by atoms with Crippen LogP contribution in [0.2, 0.25) is 0 Å². The summed E-state index contributed by atoms with van der Waals surface area (Å²) in [6.07, 6.45) is 3.08. The first-order valence-electron chi connectivity index (χ1n) is 7.12. The summed E-state index contributed by atoms with van der Waals surface area (Å²) in [6.45, 7) is 0.114. The molecule has 0 fully saturated rings. The summed E-state index contributed by atoms with van der Waals surface area (Å²) in [7, 11) is -4.93. The molecule has 2 aromatic heterocycles. The molecule has 0 bridgehead atoms. The Labute approximate surface area is 145 Å². The summed E-state index contributed by atoms with van der Waals surface area (Å²) >= 11 is 0. The number of nitrogens with one attached hydrogen (secondary N) is 1. The van der Waals surface area contributed by atoms with Gasteiger partial charge in [-0.05, 0) is 18.2 Å². The van der Waals surface area contributed by atoms with Crippen LogP contribution in [0.4, 0.5) is 20.2 Å². The maximum atomic E-state index is 12.6. The lowest BCUT2D eigenvalue weighted by Gasteiger charge is -2.10. The standard InChI is InChI=1S/C14H11F2N5O4S/c15-14(16)26(24,25)10-1-2-11(12(7-10)21(22)23)18-8-9-3-5-17-13-4-6-19-20(9)13/h1-7,14,18H,8H2.